The summed E-state index contributed by atoms with van der Waals surface area (Å²) in [7, 11) is 1.12. The van der Waals surface area contributed by atoms with Crippen molar-refractivity contribution >= 4 is 22.6 Å². The number of anilines is 2. The third-order valence-electron chi connectivity index (χ3n) is 5.68. The summed E-state index contributed by atoms with van der Waals surface area (Å²) in [6.07, 6.45) is 7.90. The maximum absolute atomic E-state index is 12.4. The van der Waals surface area contributed by atoms with E-state index in [-0.39, 0.29) is 0 Å². The summed E-state index contributed by atoms with van der Waals surface area (Å²) >= 11 is 0. The minimum absolute atomic E-state index is 0.483. The summed E-state index contributed by atoms with van der Waals surface area (Å²) in [6, 6.07) is 0.483. The van der Waals surface area contributed by atoms with Gasteiger partial charge in [0.1, 0.15) is 10.7 Å². The van der Waals surface area contributed by atoms with E-state index in [1.807, 2.05) is 0 Å². The van der Waals surface area contributed by atoms with Gasteiger partial charge in [0, 0.05) is 45.0 Å². The summed E-state index contributed by atoms with van der Waals surface area (Å²) in [5.41, 5.74) is 0.975. The van der Waals surface area contributed by atoms with Crippen LogP contribution in [0.15, 0.2) is 4.90 Å². The van der Waals surface area contributed by atoms with Crippen molar-refractivity contribution in [3.05, 3.63) is 5.69 Å². The van der Waals surface area contributed by atoms with Gasteiger partial charge in [-0.1, -0.05) is 0 Å². The van der Waals surface area contributed by atoms with Crippen molar-refractivity contribution in [2.24, 2.45) is 5.92 Å². The molecule has 1 N–H and O–H groups in total. The molecule has 4 rings (SSSR count). The molecule has 0 bridgehead atoms. The molecule has 6 nitrogen and oxygen atoms in total. The van der Waals surface area contributed by atoms with E-state index < -0.39 is 10.8 Å². The summed E-state index contributed by atoms with van der Waals surface area (Å²) < 4.78 is 17.8. The van der Waals surface area contributed by atoms with Gasteiger partial charge in [-0.2, -0.15) is 4.98 Å². The van der Waals surface area contributed by atoms with Gasteiger partial charge in [0.15, 0.2) is 0 Å². The lowest BCUT2D eigenvalue weighted by molar-refractivity contribution is 0.0645. The van der Waals surface area contributed by atoms with E-state index in [4.69, 9.17) is 14.7 Å². The lowest BCUT2D eigenvalue weighted by atomic mass is 9.93. The quantitative estimate of drug-likeness (QED) is 0.836. The highest BCUT2D eigenvalue weighted by Gasteiger charge is 2.29. The monoisotopic (exact) mass is 364 g/mol. The Morgan fingerprint density at radius 1 is 1.24 bits per heavy atom. The van der Waals surface area contributed by atoms with Crippen LogP contribution >= 0.6 is 0 Å². The summed E-state index contributed by atoms with van der Waals surface area (Å²) in [6.45, 7) is 2.74. The minimum atomic E-state index is -0.953. The fourth-order valence-corrected chi connectivity index (χ4v) is 5.02. The second-order valence-electron chi connectivity index (χ2n) is 7.49. The standard InChI is InChI=1S/C18H28N4O2S/c1-22(9-5-13-6-10-24-11-7-13)18-20-15-8-12-25(23)16(15)17(21-18)19-14-3-2-4-14/h13-14H,2-12H2,1H3,(H,19,20,21)/t25-/m1/s1. The first kappa shape index (κ1) is 17.2. The topological polar surface area (TPSA) is 67.3 Å². The second-order valence-corrected chi connectivity index (χ2v) is 8.99. The molecule has 0 amide bonds. The minimum Gasteiger partial charge on any atom is -0.381 e. The fourth-order valence-electron chi connectivity index (χ4n) is 3.71. The smallest absolute Gasteiger partial charge is 0.227 e. The highest BCUT2D eigenvalue weighted by molar-refractivity contribution is 7.85. The van der Waals surface area contributed by atoms with Crippen LogP contribution in [0.5, 0.6) is 0 Å². The van der Waals surface area contributed by atoms with Gasteiger partial charge in [-0.25, -0.2) is 4.98 Å². The summed E-state index contributed by atoms with van der Waals surface area (Å²) in [5.74, 6) is 3.01. The van der Waals surface area contributed by atoms with Crippen molar-refractivity contribution in [2.45, 2.75) is 55.9 Å². The zero-order valence-corrected chi connectivity index (χ0v) is 15.8. The molecule has 2 fully saturated rings. The van der Waals surface area contributed by atoms with Gasteiger partial charge in [-0.15, -0.1) is 0 Å². The maximum Gasteiger partial charge on any atom is 0.227 e. The normalized spacial score (nSPS) is 24.0. The zero-order chi connectivity index (χ0) is 17.2. The van der Waals surface area contributed by atoms with Crippen molar-refractivity contribution in [3.63, 3.8) is 0 Å². The van der Waals surface area contributed by atoms with E-state index in [0.717, 1.165) is 73.7 Å². The Labute approximate surface area is 152 Å². The molecule has 1 aromatic rings. The Morgan fingerprint density at radius 3 is 2.76 bits per heavy atom. The molecule has 1 aliphatic carbocycles. The number of hydrogen-bond donors (Lipinski definition) is 1. The third kappa shape index (κ3) is 3.82. The van der Waals surface area contributed by atoms with Gasteiger partial charge >= 0.3 is 0 Å². The van der Waals surface area contributed by atoms with Crippen LogP contribution in [0, 0.1) is 5.92 Å². The van der Waals surface area contributed by atoms with E-state index in [2.05, 4.69) is 17.3 Å². The number of nitrogens with one attached hydrogen (secondary N) is 1. The van der Waals surface area contributed by atoms with Gasteiger partial charge in [0.25, 0.3) is 0 Å². The van der Waals surface area contributed by atoms with Crippen LogP contribution in [-0.2, 0) is 22.0 Å². The Bertz CT molecular complexity index is 644. The molecule has 1 atom stereocenters. The van der Waals surface area contributed by atoms with Crippen LogP contribution < -0.4 is 10.2 Å². The molecule has 1 saturated heterocycles. The number of aryl methyl sites for hydroxylation is 1. The molecule has 2 aliphatic heterocycles. The zero-order valence-electron chi connectivity index (χ0n) is 15.0. The van der Waals surface area contributed by atoms with Gasteiger partial charge in [0.2, 0.25) is 5.95 Å². The van der Waals surface area contributed by atoms with Gasteiger partial charge in [-0.05, 0) is 44.4 Å². The number of rotatable bonds is 6. The highest BCUT2D eigenvalue weighted by atomic mass is 32.2. The molecule has 1 aromatic heterocycles. The average molecular weight is 365 g/mol. The maximum atomic E-state index is 12.4. The number of fused-ring (bicyclic) bond motifs is 1. The number of hydrogen-bond acceptors (Lipinski definition) is 6. The molecule has 138 valence electrons. The lowest BCUT2D eigenvalue weighted by Crippen LogP contribution is -2.30. The fraction of sp³-hybridized carbons (Fsp3) is 0.778. The first-order valence-electron chi connectivity index (χ1n) is 9.55. The Hall–Kier alpha value is -1.21. The molecule has 3 heterocycles. The Balaban J connectivity index is 1.48. The van der Waals surface area contributed by atoms with Crippen LogP contribution in [-0.4, -0.2) is 52.8 Å². The first-order chi connectivity index (χ1) is 12.2. The highest BCUT2D eigenvalue weighted by Crippen LogP contribution is 2.32. The molecular formula is C18H28N4O2S. The SMILES string of the molecule is CN(CCC1CCOCC1)c1nc2c(c(NC3CCC3)n1)[S@](=O)CC2. The van der Waals surface area contributed by atoms with Crippen molar-refractivity contribution in [2.75, 3.05) is 42.8 Å². The third-order valence-corrected chi connectivity index (χ3v) is 7.14. The van der Waals surface area contributed by atoms with Crippen LogP contribution in [0.3, 0.4) is 0 Å². The second kappa shape index (κ2) is 7.58. The Morgan fingerprint density at radius 2 is 2.04 bits per heavy atom. The molecule has 0 unspecified atom stereocenters. The number of aromatic nitrogens is 2. The van der Waals surface area contributed by atoms with Gasteiger partial charge in [0.05, 0.1) is 16.5 Å². The number of ether oxygens (including phenoxy) is 1. The van der Waals surface area contributed by atoms with Gasteiger partial charge < -0.3 is 15.0 Å². The van der Waals surface area contributed by atoms with E-state index in [1.54, 1.807) is 0 Å². The van der Waals surface area contributed by atoms with Crippen molar-refractivity contribution in [3.8, 4) is 0 Å². The molecule has 25 heavy (non-hydrogen) atoms. The first-order valence-corrected chi connectivity index (χ1v) is 10.9. The molecular weight excluding hydrogens is 336 g/mol. The Kier molecular flexibility index (Phi) is 5.22. The predicted molar refractivity (Wildman–Crippen MR) is 99.7 cm³/mol. The van der Waals surface area contributed by atoms with E-state index in [9.17, 15) is 4.21 Å². The van der Waals surface area contributed by atoms with Crippen LogP contribution in [0.1, 0.15) is 44.2 Å². The van der Waals surface area contributed by atoms with Crippen LogP contribution in [0.25, 0.3) is 0 Å². The van der Waals surface area contributed by atoms with E-state index in [0.29, 0.717) is 11.8 Å². The summed E-state index contributed by atoms with van der Waals surface area (Å²) in [4.78, 5) is 12.5. The number of nitrogens with zero attached hydrogens (tertiary/aromatic N) is 3. The van der Waals surface area contributed by atoms with Crippen LogP contribution in [0.4, 0.5) is 11.8 Å². The largest absolute Gasteiger partial charge is 0.381 e. The molecule has 0 radical (unpaired) electrons. The van der Waals surface area contributed by atoms with E-state index in [1.165, 1.54) is 19.3 Å². The molecule has 0 aromatic carbocycles. The molecule has 1 saturated carbocycles. The molecule has 3 aliphatic rings. The van der Waals surface area contributed by atoms with Gasteiger partial charge in [-0.3, -0.25) is 4.21 Å². The lowest BCUT2D eigenvalue weighted by Gasteiger charge is -2.29. The molecule has 7 heteroatoms. The van der Waals surface area contributed by atoms with E-state index >= 15 is 0 Å². The van der Waals surface area contributed by atoms with Crippen molar-refractivity contribution in [1.82, 2.24) is 9.97 Å². The summed E-state index contributed by atoms with van der Waals surface area (Å²) in [5, 5.41) is 3.52. The van der Waals surface area contributed by atoms with Crippen molar-refractivity contribution < 1.29 is 8.95 Å². The molecule has 0 spiro atoms. The predicted octanol–water partition coefficient (Wildman–Crippen LogP) is 2.36. The average Bonchev–Trinajstić information content (AvgIpc) is 2.98. The van der Waals surface area contributed by atoms with Crippen molar-refractivity contribution in [1.29, 1.82) is 0 Å². The van der Waals surface area contributed by atoms with Crippen LogP contribution in [0.2, 0.25) is 0 Å².